The maximum atomic E-state index is 13.4. The molecule has 0 bridgehead atoms. The van der Waals surface area contributed by atoms with E-state index in [1.807, 2.05) is 24.3 Å². The first kappa shape index (κ1) is 20.4. The Morgan fingerprint density at radius 1 is 1.28 bits per heavy atom. The third kappa shape index (κ3) is 4.93. The van der Waals surface area contributed by atoms with Crippen molar-refractivity contribution in [3.8, 4) is 5.69 Å². The summed E-state index contributed by atoms with van der Waals surface area (Å²) >= 11 is 1.11. The second kappa shape index (κ2) is 8.78. The largest absolute Gasteiger partial charge is 0.325 e. The summed E-state index contributed by atoms with van der Waals surface area (Å²) in [6, 6.07) is 10.9. The van der Waals surface area contributed by atoms with Crippen molar-refractivity contribution in [2.24, 2.45) is 0 Å². The second-order valence-electron chi connectivity index (χ2n) is 6.38. The molecule has 0 aliphatic rings. The summed E-state index contributed by atoms with van der Waals surface area (Å²) in [4.78, 5) is 22.1. The molecule has 0 fully saturated rings. The Kier molecular flexibility index (Phi) is 6.17. The van der Waals surface area contributed by atoms with Crippen LogP contribution in [0.3, 0.4) is 0 Å². The molecule has 9 nitrogen and oxygen atoms in total. The molecule has 0 spiro atoms. The van der Waals surface area contributed by atoms with Crippen molar-refractivity contribution < 1.29 is 14.1 Å². The van der Waals surface area contributed by atoms with Gasteiger partial charge in [0.2, 0.25) is 16.9 Å². The number of tetrazole rings is 1. The number of benzene rings is 2. The Morgan fingerprint density at radius 2 is 2.00 bits per heavy atom. The van der Waals surface area contributed by atoms with E-state index in [9.17, 15) is 19.3 Å². The van der Waals surface area contributed by atoms with E-state index >= 15 is 0 Å². The molecule has 3 rings (SSSR count). The van der Waals surface area contributed by atoms with E-state index in [2.05, 4.69) is 34.7 Å². The first-order valence-corrected chi connectivity index (χ1v) is 9.59. The average molecular weight is 416 g/mol. The number of hydrogen-bond acceptors (Lipinski definition) is 7. The fourth-order valence-corrected chi connectivity index (χ4v) is 3.18. The smallest absolute Gasteiger partial charge is 0.306 e. The van der Waals surface area contributed by atoms with Crippen LogP contribution >= 0.6 is 11.8 Å². The van der Waals surface area contributed by atoms with Gasteiger partial charge < -0.3 is 5.32 Å². The van der Waals surface area contributed by atoms with Gasteiger partial charge in [0.05, 0.1) is 16.4 Å². The van der Waals surface area contributed by atoms with Crippen LogP contribution in [0, 0.1) is 15.9 Å². The van der Waals surface area contributed by atoms with Crippen molar-refractivity contribution >= 4 is 29.0 Å². The molecule has 0 radical (unpaired) electrons. The maximum Gasteiger partial charge on any atom is 0.306 e. The van der Waals surface area contributed by atoms with Crippen LogP contribution in [-0.2, 0) is 4.79 Å². The van der Waals surface area contributed by atoms with Crippen molar-refractivity contribution in [1.82, 2.24) is 20.2 Å². The van der Waals surface area contributed by atoms with Crippen LogP contribution in [0.15, 0.2) is 47.6 Å². The van der Waals surface area contributed by atoms with E-state index in [1.54, 1.807) is 0 Å². The van der Waals surface area contributed by atoms with E-state index < -0.39 is 22.3 Å². The maximum absolute atomic E-state index is 13.4. The van der Waals surface area contributed by atoms with Crippen molar-refractivity contribution in [2.45, 2.75) is 24.9 Å². The number of nitrogens with one attached hydrogen (secondary N) is 1. The molecule has 1 heterocycles. The Balaban J connectivity index is 1.65. The number of halogens is 1. The average Bonchev–Trinajstić information content (AvgIpc) is 3.16. The van der Waals surface area contributed by atoms with Crippen LogP contribution in [0.25, 0.3) is 5.69 Å². The fraction of sp³-hybridized carbons (Fsp3) is 0.222. The van der Waals surface area contributed by atoms with Crippen LogP contribution in [0.5, 0.6) is 0 Å². The van der Waals surface area contributed by atoms with Crippen LogP contribution < -0.4 is 5.32 Å². The molecule has 29 heavy (non-hydrogen) atoms. The Bertz CT molecular complexity index is 1040. The minimum Gasteiger partial charge on any atom is -0.325 e. The lowest BCUT2D eigenvalue weighted by Crippen LogP contribution is -2.15. The number of nitro benzene ring substituents is 1. The van der Waals surface area contributed by atoms with Crippen molar-refractivity contribution in [2.75, 3.05) is 11.1 Å². The zero-order valence-corrected chi connectivity index (χ0v) is 16.4. The molecule has 0 unspecified atom stereocenters. The zero-order valence-electron chi connectivity index (χ0n) is 15.6. The lowest BCUT2D eigenvalue weighted by molar-refractivity contribution is -0.387. The number of aromatic nitrogens is 4. The molecular weight excluding hydrogens is 399 g/mol. The summed E-state index contributed by atoms with van der Waals surface area (Å²) in [6.45, 7) is 4.20. The summed E-state index contributed by atoms with van der Waals surface area (Å²) in [5.41, 5.74) is 1.37. The van der Waals surface area contributed by atoms with Crippen molar-refractivity contribution in [3.05, 3.63) is 64.0 Å². The molecule has 1 N–H and O–H groups in total. The zero-order chi connectivity index (χ0) is 21.0. The van der Waals surface area contributed by atoms with Crippen LogP contribution in [0.1, 0.15) is 25.3 Å². The molecule has 3 aromatic rings. The van der Waals surface area contributed by atoms with E-state index in [4.69, 9.17) is 0 Å². The Hall–Kier alpha value is -3.34. The highest BCUT2D eigenvalue weighted by molar-refractivity contribution is 7.99. The van der Waals surface area contributed by atoms with Gasteiger partial charge in [0, 0.05) is 11.8 Å². The van der Waals surface area contributed by atoms with E-state index in [0.29, 0.717) is 11.1 Å². The van der Waals surface area contributed by atoms with Gasteiger partial charge in [0.25, 0.3) is 0 Å². The molecule has 0 aliphatic carbocycles. The van der Waals surface area contributed by atoms with Gasteiger partial charge in [-0.1, -0.05) is 37.7 Å². The quantitative estimate of drug-likeness (QED) is 0.356. The number of anilines is 1. The topological polar surface area (TPSA) is 116 Å². The molecule has 150 valence electrons. The number of hydrogen-bond donors (Lipinski definition) is 1. The number of carbonyl (C=O) groups excluding carboxylic acids is 1. The third-order valence-electron chi connectivity index (χ3n) is 4.00. The Labute approximate surface area is 169 Å². The second-order valence-corrected chi connectivity index (χ2v) is 7.32. The summed E-state index contributed by atoms with van der Waals surface area (Å²) in [7, 11) is 0. The first-order valence-electron chi connectivity index (χ1n) is 8.60. The van der Waals surface area contributed by atoms with Gasteiger partial charge in [-0.3, -0.25) is 14.9 Å². The minimum atomic E-state index is -0.968. The number of carbonyl (C=O) groups is 1. The summed E-state index contributed by atoms with van der Waals surface area (Å²) < 4.78 is 14.9. The highest BCUT2D eigenvalue weighted by Crippen LogP contribution is 2.23. The lowest BCUT2D eigenvalue weighted by atomic mass is 10.0. The molecule has 0 saturated heterocycles. The van der Waals surface area contributed by atoms with Gasteiger partial charge in [0.15, 0.2) is 0 Å². The molecule has 0 saturated carbocycles. The number of thioether (sulfide) groups is 1. The highest BCUT2D eigenvalue weighted by Gasteiger charge is 2.16. The number of nitrogens with zero attached hydrogens (tertiary/aromatic N) is 5. The van der Waals surface area contributed by atoms with Gasteiger partial charge in [-0.25, -0.2) is 0 Å². The minimum absolute atomic E-state index is 0.0321. The van der Waals surface area contributed by atoms with Crippen LogP contribution in [-0.4, -0.2) is 36.8 Å². The standard InChI is InChI=1S/C18H17FN6O3S/c1-11(2)12-3-6-14(7-4-12)24-18(21-22-23-24)29-10-17(26)20-13-5-8-15(19)16(9-13)25(27)28/h3-9,11H,10H2,1-2H3,(H,20,26). The lowest BCUT2D eigenvalue weighted by Gasteiger charge is -2.08. The summed E-state index contributed by atoms with van der Waals surface area (Å²) in [5, 5.41) is 25.2. The molecule has 1 aromatic heterocycles. The predicted octanol–water partition coefficient (Wildman–Crippen LogP) is 3.56. The number of nitro groups is 1. The SMILES string of the molecule is CC(C)c1ccc(-n2nnnc2SCC(=O)Nc2ccc(F)c([N+](=O)[O-])c2)cc1. The molecule has 11 heteroatoms. The van der Waals surface area contributed by atoms with Gasteiger partial charge in [-0.15, -0.1) is 5.10 Å². The molecule has 2 aromatic carbocycles. The van der Waals surface area contributed by atoms with Gasteiger partial charge in [-0.05, 0) is 46.2 Å². The number of amides is 1. The molecular formula is C18H17FN6O3S. The van der Waals surface area contributed by atoms with E-state index in [1.165, 1.54) is 16.3 Å². The van der Waals surface area contributed by atoms with Crippen LogP contribution in [0.2, 0.25) is 0 Å². The van der Waals surface area contributed by atoms with Gasteiger partial charge in [0.1, 0.15) is 0 Å². The summed E-state index contributed by atoms with van der Waals surface area (Å²) in [5.74, 6) is -1.03. The molecule has 0 aliphatic heterocycles. The van der Waals surface area contributed by atoms with Gasteiger partial charge >= 0.3 is 5.69 Å². The normalized spacial score (nSPS) is 10.9. The Morgan fingerprint density at radius 3 is 2.66 bits per heavy atom. The van der Waals surface area contributed by atoms with Crippen molar-refractivity contribution in [1.29, 1.82) is 0 Å². The first-order chi connectivity index (χ1) is 13.8. The monoisotopic (exact) mass is 416 g/mol. The predicted molar refractivity (Wildman–Crippen MR) is 106 cm³/mol. The van der Waals surface area contributed by atoms with Crippen LogP contribution in [0.4, 0.5) is 15.8 Å². The molecule has 1 amide bonds. The van der Waals surface area contributed by atoms with E-state index in [-0.39, 0.29) is 11.4 Å². The number of rotatable bonds is 7. The van der Waals surface area contributed by atoms with E-state index in [0.717, 1.165) is 29.6 Å². The molecule has 0 atom stereocenters. The highest BCUT2D eigenvalue weighted by atomic mass is 32.2. The third-order valence-corrected chi connectivity index (χ3v) is 4.92. The fourth-order valence-electron chi connectivity index (χ4n) is 2.49. The summed E-state index contributed by atoms with van der Waals surface area (Å²) in [6.07, 6.45) is 0. The van der Waals surface area contributed by atoms with Crippen molar-refractivity contribution in [3.63, 3.8) is 0 Å². The van der Waals surface area contributed by atoms with Gasteiger partial charge in [-0.2, -0.15) is 9.07 Å².